The zero-order chi connectivity index (χ0) is 9.80. The van der Waals surface area contributed by atoms with E-state index < -0.39 is 0 Å². The third-order valence-electron chi connectivity index (χ3n) is 3.40. The maximum absolute atomic E-state index is 9.30. The third-order valence-corrected chi connectivity index (χ3v) is 3.40. The number of aliphatic hydroxyl groups is 1. The van der Waals surface area contributed by atoms with Crippen LogP contribution in [0.3, 0.4) is 0 Å². The first-order valence-corrected chi connectivity index (χ1v) is 5.90. The minimum Gasteiger partial charge on any atom is -0.389 e. The van der Waals surface area contributed by atoms with Crippen LogP contribution >= 0.6 is 0 Å². The molecule has 1 fully saturated rings. The van der Waals surface area contributed by atoms with Gasteiger partial charge in [-0.15, -0.1) is 0 Å². The van der Waals surface area contributed by atoms with Crippen LogP contribution in [0, 0.1) is 5.92 Å². The lowest BCUT2D eigenvalue weighted by Gasteiger charge is -2.23. The molecule has 0 heterocycles. The normalized spacial score (nSPS) is 28.9. The fraction of sp³-hybridized carbons (Fsp3) is 0.692. The zero-order valence-corrected chi connectivity index (χ0v) is 8.78. The molecule has 0 aromatic carbocycles. The Bertz CT molecular complexity index is 234. The first kappa shape index (κ1) is 9.97. The average Bonchev–Trinajstić information content (AvgIpc) is 2.23. The number of hydrogen-bond donors (Lipinski definition) is 1. The fourth-order valence-electron chi connectivity index (χ4n) is 2.53. The molecule has 0 aromatic rings. The van der Waals surface area contributed by atoms with Crippen LogP contribution in [-0.4, -0.2) is 11.2 Å². The van der Waals surface area contributed by atoms with Gasteiger partial charge in [-0.25, -0.2) is 0 Å². The number of hydrogen-bond acceptors (Lipinski definition) is 1. The van der Waals surface area contributed by atoms with Gasteiger partial charge in [0, 0.05) is 0 Å². The second kappa shape index (κ2) is 4.79. The molecular weight excluding hydrogens is 172 g/mol. The predicted molar refractivity (Wildman–Crippen MR) is 59.0 cm³/mol. The van der Waals surface area contributed by atoms with E-state index in [1.54, 1.807) is 0 Å². The molecule has 0 radical (unpaired) electrons. The second-order valence-corrected chi connectivity index (χ2v) is 4.65. The van der Waals surface area contributed by atoms with Gasteiger partial charge in [-0.05, 0) is 18.8 Å². The van der Waals surface area contributed by atoms with Gasteiger partial charge in [0.25, 0.3) is 0 Å². The summed E-state index contributed by atoms with van der Waals surface area (Å²) in [6, 6.07) is 0. The Morgan fingerprint density at radius 2 is 2.00 bits per heavy atom. The molecule has 2 aliphatic rings. The van der Waals surface area contributed by atoms with E-state index >= 15 is 0 Å². The fourth-order valence-corrected chi connectivity index (χ4v) is 2.53. The minimum atomic E-state index is -0.231. The van der Waals surface area contributed by atoms with Crippen molar-refractivity contribution in [1.29, 1.82) is 0 Å². The predicted octanol–water partition coefficient (Wildman–Crippen LogP) is 3.20. The highest BCUT2D eigenvalue weighted by atomic mass is 16.3. The first-order chi connectivity index (χ1) is 6.84. The van der Waals surface area contributed by atoms with Crippen LogP contribution in [0.5, 0.6) is 0 Å². The average molecular weight is 192 g/mol. The molecule has 1 saturated carbocycles. The molecule has 0 bridgehead atoms. The Morgan fingerprint density at radius 3 is 2.64 bits per heavy atom. The zero-order valence-electron chi connectivity index (χ0n) is 8.78. The summed E-state index contributed by atoms with van der Waals surface area (Å²) >= 11 is 0. The van der Waals surface area contributed by atoms with Gasteiger partial charge in [-0.1, -0.05) is 55.9 Å². The quantitative estimate of drug-likeness (QED) is 0.712. The Labute approximate surface area is 86.5 Å². The van der Waals surface area contributed by atoms with Crippen molar-refractivity contribution in [3.63, 3.8) is 0 Å². The van der Waals surface area contributed by atoms with E-state index in [1.807, 2.05) is 6.08 Å². The van der Waals surface area contributed by atoms with Crippen molar-refractivity contribution in [3.8, 4) is 0 Å². The maximum Gasteiger partial charge on any atom is 0.0758 e. The molecule has 2 rings (SSSR count). The summed E-state index contributed by atoms with van der Waals surface area (Å²) in [6.07, 6.45) is 15.2. The molecule has 1 atom stereocenters. The van der Waals surface area contributed by atoms with Gasteiger partial charge in [-0.2, -0.15) is 0 Å². The van der Waals surface area contributed by atoms with Crippen molar-refractivity contribution in [1.82, 2.24) is 0 Å². The Morgan fingerprint density at radius 1 is 1.21 bits per heavy atom. The number of rotatable bonds is 2. The largest absolute Gasteiger partial charge is 0.389 e. The summed E-state index contributed by atoms with van der Waals surface area (Å²) in [6.45, 7) is 0. The van der Waals surface area contributed by atoms with Crippen LogP contribution in [-0.2, 0) is 0 Å². The lowest BCUT2D eigenvalue weighted by molar-refractivity contribution is 0.224. The lowest BCUT2D eigenvalue weighted by atomic mass is 9.83. The second-order valence-electron chi connectivity index (χ2n) is 4.65. The molecule has 2 aliphatic carbocycles. The third kappa shape index (κ3) is 2.71. The first-order valence-electron chi connectivity index (χ1n) is 5.90. The summed E-state index contributed by atoms with van der Waals surface area (Å²) in [5.74, 6) is 0.912. The Hall–Kier alpha value is -0.560. The van der Waals surface area contributed by atoms with Crippen molar-refractivity contribution in [3.05, 3.63) is 23.8 Å². The maximum atomic E-state index is 9.30. The van der Waals surface area contributed by atoms with Crippen molar-refractivity contribution < 1.29 is 5.11 Å². The summed E-state index contributed by atoms with van der Waals surface area (Å²) in [5, 5.41) is 9.30. The molecule has 0 spiro atoms. The van der Waals surface area contributed by atoms with Gasteiger partial charge < -0.3 is 5.11 Å². The van der Waals surface area contributed by atoms with Crippen LogP contribution in [0.1, 0.15) is 44.9 Å². The molecular formula is C13H20O. The molecule has 1 unspecified atom stereocenters. The molecule has 1 nitrogen and oxygen atoms in total. The summed E-state index contributed by atoms with van der Waals surface area (Å²) in [4.78, 5) is 0. The standard InChI is InChI=1S/C13H20O/c14-13-8-6-12(7-9-13)10-11-4-2-1-3-5-11/h6-8,11,13-14H,1-5,9-10H2. The van der Waals surface area contributed by atoms with Gasteiger partial charge in [0.05, 0.1) is 6.10 Å². The van der Waals surface area contributed by atoms with Crippen molar-refractivity contribution in [2.75, 3.05) is 0 Å². The summed E-state index contributed by atoms with van der Waals surface area (Å²) in [5.41, 5.74) is 1.45. The monoisotopic (exact) mass is 192 g/mol. The van der Waals surface area contributed by atoms with Gasteiger partial charge in [0.1, 0.15) is 0 Å². The molecule has 0 amide bonds. The highest BCUT2D eigenvalue weighted by Crippen LogP contribution is 2.30. The van der Waals surface area contributed by atoms with E-state index in [0.29, 0.717) is 0 Å². The molecule has 1 N–H and O–H groups in total. The van der Waals surface area contributed by atoms with E-state index in [0.717, 1.165) is 12.3 Å². The van der Waals surface area contributed by atoms with Crippen LogP contribution in [0.25, 0.3) is 0 Å². The highest BCUT2D eigenvalue weighted by molar-refractivity contribution is 5.24. The summed E-state index contributed by atoms with van der Waals surface area (Å²) < 4.78 is 0. The molecule has 14 heavy (non-hydrogen) atoms. The van der Waals surface area contributed by atoms with E-state index in [2.05, 4.69) is 12.2 Å². The topological polar surface area (TPSA) is 20.2 Å². The van der Waals surface area contributed by atoms with Gasteiger partial charge in [0.2, 0.25) is 0 Å². The lowest BCUT2D eigenvalue weighted by Crippen LogP contribution is -2.09. The highest BCUT2D eigenvalue weighted by Gasteiger charge is 2.15. The van der Waals surface area contributed by atoms with Crippen molar-refractivity contribution in [2.45, 2.75) is 51.0 Å². The van der Waals surface area contributed by atoms with E-state index in [9.17, 15) is 5.11 Å². The molecule has 0 saturated heterocycles. The van der Waals surface area contributed by atoms with E-state index in [4.69, 9.17) is 0 Å². The van der Waals surface area contributed by atoms with Gasteiger partial charge in [0.15, 0.2) is 0 Å². The van der Waals surface area contributed by atoms with Crippen LogP contribution < -0.4 is 0 Å². The Kier molecular flexibility index (Phi) is 3.41. The minimum absolute atomic E-state index is 0.231. The van der Waals surface area contributed by atoms with Crippen LogP contribution in [0.2, 0.25) is 0 Å². The van der Waals surface area contributed by atoms with E-state index in [1.165, 1.54) is 44.1 Å². The van der Waals surface area contributed by atoms with Crippen LogP contribution in [0.4, 0.5) is 0 Å². The smallest absolute Gasteiger partial charge is 0.0758 e. The molecule has 78 valence electrons. The number of allylic oxidation sites excluding steroid dienone is 2. The molecule has 1 heteroatoms. The van der Waals surface area contributed by atoms with Crippen LogP contribution in [0.15, 0.2) is 23.8 Å². The SMILES string of the molecule is OC1C=CC(CC2CCCCC2)=CC1. The molecule has 0 aromatic heterocycles. The van der Waals surface area contributed by atoms with Crippen molar-refractivity contribution in [2.24, 2.45) is 5.92 Å². The number of aliphatic hydroxyl groups excluding tert-OH is 1. The van der Waals surface area contributed by atoms with E-state index in [-0.39, 0.29) is 6.10 Å². The Balaban J connectivity index is 1.82. The van der Waals surface area contributed by atoms with Gasteiger partial charge in [-0.3, -0.25) is 0 Å². The van der Waals surface area contributed by atoms with Crippen molar-refractivity contribution >= 4 is 0 Å². The molecule has 0 aliphatic heterocycles. The van der Waals surface area contributed by atoms with Gasteiger partial charge >= 0.3 is 0 Å². The summed E-state index contributed by atoms with van der Waals surface area (Å²) in [7, 11) is 0.